The van der Waals surface area contributed by atoms with E-state index in [0.717, 1.165) is 6.54 Å². The monoisotopic (exact) mass is 852 g/mol. The van der Waals surface area contributed by atoms with E-state index in [2.05, 4.69) is 0 Å². The fourth-order valence-corrected chi connectivity index (χ4v) is 1.88. The van der Waals surface area contributed by atoms with Crippen molar-refractivity contribution < 1.29 is 148 Å². The first-order chi connectivity index (χ1) is 5.70. The molecular formula is C8H13Ac3NO3. The molecule has 2 heterocycles. The van der Waals surface area contributed by atoms with Gasteiger partial charge in [0.25, 0.3) is 0 Å². The van der Waals surface area contributed by atoms with Crippen molar-refractivity contribution in [3.05, 3.63) is 12.2 Å². The van der Waals surface area contributed by atoms with Gasteiger partial charge in [-0.1, -0.05) is 12.2 Å². The fraction of sp³-hybridized carbons (Fsp3) is 0.750. The van der Waals surface area contributed by atoms with Crippen LogP contribution in [0.1, 0.15) is 0 Å². The third-order valence-corrected chi connectivity index (χ3v) is 2.61. The molecule has 0 unspecified atom stereocenters. The maximum Gasteiger partial charge on any atom is 0.109 e. The second kappa shape index (κ2) is 9.75. The summed E-state index contributed by atoms with van der Waals surface area (Å²) in [7, 11) is 0. The van der Waals surface area contributed by atoms with Crippen LogP contribution in [0.2, 0.25) is 0 Å². The average molecular weight is 852 g/mol. The van der Waals surface area contributed by atoms with Gasteiger partial charge >= 0.3 is 0 Å². The Bertz CT molecular complexity index is 217. The zero-order valence-electron chi connectivity index (χ0n) is 8.40. The summed E-state index contributed by atoms with van der Waals surface area (Å²) in [6.45, 7) is 1.20. The molecule has 4 nitrogen and oxygen atoms in total. The molecule has 0 saturated carbocycles. The van der Waals surface area contributed by atoms with Crippen LogP contribution in [0.5, 0.6) is 0 Å². The Kier molecular flexibility index (Phi) is 13.8. The number of nitrogens with zero attached hydrogens (tertiary/aromatic N) is 1. The molecular weight excluding hydrogens is 839 g/mol. The smallest absolute Gasteiger partial charge is 0.109 e. The molecule has 0 spiro atoms. The van der Waals surface area contributed by atoms with E-state index < -0.39 is 18.3 Å². The number of hydrogen-bond donors (Lipinski definition) is 3. The van der Waals surface area contributed by atoms with Crippen LogP contribution in [0, 0.1) is 132 Å². The van der Waals surface area contributed by atoms with Gasteiger partial charge in [0.1, 0.15) is 12.2 Å². The van der Waals surface area contributed by atoms with Crippen LogP contribution in [0.3, 0.4) is 0 Å². The molecule has 2 aliphatic heterocycles. The van der Waals surface area contributed by atoms with Gasteiger partial charge < -0.3 is 15.3 Å². The minimum Gasteiger partial charge on any atom is -0.389 e. The summed E-state index contributed by atoms with van der Waals surface area (Å²) in [4.78, 5) is 1.95. The second-order valence-electron chi connectivity index (χ2n) is 3.42. The summed E-state index contributed by atoms with van der Waals surface area (Å²) in [5.41, 5.74) is 0. The molecule has 0 bridgehead atoms. The van der Waals surface area contributed by atoms with E-state index in [4.69, 9.17) is 0 Å². The van der Waals surface area contributed by atoms with Crippen molar-refractivity contribution in [2.45, 2.75) is 24.4 Å². The Balaban J connectivity index is 0. The van der Waals surface area contributed by atoms with Gasteiger partial charge in [-0.3, -0.25) is 4.90 Å². The summed E-state index contributed by atoms with van der Waals surface area (Å²) in [5.74, 6) is 0. The second-order valence-corrected chi connectivity index (χ2v) is 3.42. The van der Waals surface area contributed by atoms with Gasteiger partial charge in [-0.2, -0.15) is 0 Å². The number of aliphatic hydroxyl groups excluding tert-OH is 3. The van der Waals surface area contributed by atoms with E-state index in [1.54, 1.807) is 0 Å². The number of aliphatic hydroxyl groups is 3. The van der Waals surface area contributed by atoms with Crippen molar-refractivity contribution >= 4 is 0 Å². The number of hydrogen-bond acceptors (Lipinski definition) is 4. The quantitative estimate of drug-likeness (QED) is 0.256. The molecule has 0 aromatic carbocycles. The van der Waals surface area contributed by atoms with E-state index in [0.29, 0.717) is 6.54 Å². The first kappa shape index (κ1) is 21.2. The molecule has 1 fully saturated rings. The molecule has 7 heteroatoms. The van der Waals surface area contributed by atoms with Gasteiger partial charge in [0.2, 0.25) is 0 Å². The zero-order valence-corrected chi connectivity index (χ0v) is 22.6. The molecule has 3 radical (unpaired) electrons. The Labute approximate surface area is 197 Å². The molecule has 0 amide bonds. The van der Waals surface area contributed by atoms with Gasteiger partial charge in [0, 0.05) is 145 Å². The van der Waals surface area contributed by atoms with Crippen LogP contribution >= 0.6 is 0 Å². The van der Waals surface area contributed by atoms with Gasteiger partial charge in [0.05, 0.1) is 12.1 Å². The molecule has 0 aromatic heterocycles. The molecule has 15 heavy (non-hydrogen) atoms. The predicted octanol–water partition coefficient (Wildman–Crippen LogP) is -1.68. The molecule has 3 N–H and O–H groups in total. The SMILES string of the molecule is O[C@@H]1[C@@H](O)[C@H]2C=CCN2C[C@H]1O.[Ac].[Ac].[Ac]. The molecule has 1 saturated heterocycles. The summed E-state index contributed by atoms with van der Waals surface area (Å²) in [5, 5.41) is 28.2. The van der Waals surface area contributed by atoms with Gasteiger partial charge in [-0.25, -0.2) is 0 Å². The van der Waals surface area contributed by atoms with Crippen LogP contribution in [0.25, 0.3) is 0 Å². The molecule has 0 aromatic rings. The maximum absolute atomic E-state index is 9.52. The van der Waals surface area contributed by atoms with Crippen LogP contribution in [0.4, 0.5) is 0 Å². The third kappa shape index (κ3) is 5.06. The van der Waals surface area contributed by atoms with E-state index in [1.807, 2.05) is 17.1 Å². The van der Waals surface area contributed by atoms with Crippen LogP contribution in [0.15, 0.2) is 12.2 Å². The molecule has 2 rings (SSSR count). The summed E-state index contributed by atoms with van der Waals surface area (Å²) in [6.07, 6.45) is 1.14. The molecule has 0 aliphatic carbocycles. The van der Waals surface area contributed by atoms with Crippen molar-refractivity contribution in [1.82, 2.24) is 4.90 Å². The molecule has 2 aliphatic rings. The van der Waals surface area contributed by atoms with Crippen LogP contribution in [-0.2, 0) is 0 Å². The van der Waals surface area contributed by atoms with E-state index in [9.17, 15) is 15.3 Å². The largest absolute Gasteiger partial charge is 0.389 e. The van der Waals surface area contributed by atoms with Crippen molar-refractivity contribution in [2.24, 2.45) is 0 Å². The van der Waals surface area contributed by atoms with E-state index in [-0.39, 0.29) is 138 Å². The maximum atomic E-state index is 9.52. The topological polar surface area (TPSA) is 63.9 Å². The Morgan fingerprint density at radius 2 is 1.60 bits per heavy atom. The standard InChI is InChI=1S/C8H13NO3.3Ac/c10-6-4-9-3-1-2-5(9)7(11)8(6)12;;;/h1-2,5-8,10-12H,3-4H2;;;/t5-,6-,7+,8+;;;/m1.../s1. The zero-order chi connectivity index (χ0) is 8.72. The Hall–Kier alpha value is 3.90. The van der Waals surface area contributed by atoms with Gasteiger partial charge in [0.15, 0.2) is 0 Å². The first-order valence-corrected chi connectivity index (χ1v) is 4.15. The predicted molar refractivity (Wildman–Crippen MR) is 42.5 cm³/mol. The minimum absolute atomic E-state index is 0. The summed E-state index contributed by atoms with van der Waals surface area (Å²) in [6, 6.07) is -0.108. The number of fused-ring (bicyclic) bond motifs is 1. The molecule has 4 atom stereocenters. The first-order valence-electron chi connectivity index (χ1n) is 4.15. The van der Waals surface area contributed by atoms with Crippen LogP contribution in [-0.4, -0.2) is 57.7 Å². The van der Waals surface area contributed by atoms with E-state index >= 15 is 0 Å². The Morgan fingerprint density at radius 3 is 2.20 bits per heavy atom. The number of rotatable bonds is 0. The van der Waals surface area contributed by atoms with Gasteiger partial charge in [-0.05, 0) is 0 Å². The summed E-state index contributed by atoms with van der Waals surface area (Å²) >= 11 is 0. The van der Waals surface area contributed by atoms with Gasteiger partial charge in [-0.15, -0.1) is 0 Å². The number of piperidine rings is 1. The fourth-order valence-electron chi connectivity index (χ4n) is 1.88. The summed E-state index contributed by atoms with van der Waals surface area (Å²) < 4.78 is 0. The minimum atomic E-state index is -1.01. The molecule has 77 valence electrons. The van der Waals surface area contributed by atoms with Crippen molar-refractivity contribution in [3.63, 3.8) is 0 Å². The van der Waals surface area contributed by atoms with E-state index in [1.165, 1.54) is 0 Å². The average Bonchev–Trinajstić information content (AvgIpc) is 2.48. The van der Waals surface area contributed by atoms with Crippen LogP contribution < -0.4 is 0 Å². The third-order valence-electron chi connectivity index (χ3n) is 2.61. The normalized spacial score (nSPS) is 38.3. The van der Waals surface area contributed by atoms with Crippen molar-refractivity contribution in [1.29, 1.82) is 0 Å². The van der Waals surface area contributed by atoms with Crippen molar-refractivity contribution in [2.75, 3.05) is 13.1 Å². The Morgan fingerprint density at radius 1 is 1.00 bits per heavy atom. The van der Waals surface area contributed by atoms with Crippen molar-refractivity contribution in [3.8, 4) is 0 Å².